The predicted molar refractivity (Wildman–Crippen MR) is 102 cm³/mol. The van der Waals surface area contributed by atoms with Crippen LogP contribution >= 0.6 is 11.6 Å². The Balaban J connectivity index is 1.60. The molecule has 3 rings (SSSR count). The number of anilines is 1. The lowest BCUT2D eigenvalue weighted by Gasteiger charge is -2.31. The zero-order valence-corrected chi connectivity index (χ0v) is 14.8. The smallest absolute Gasteiger partial charge is 0.241 e. The van der Waals surface area contributed by atoms with Crippen molar-refractivity contribution < 1.29 is 9.90 Å². The first kappa shape index (κ1) is 17.5. The van der Waals surface area contributed by atoms with Gasteiger partial charge in [0.2, 0.25) is 5.91 Å². The summed E-state index contributed by atoms with van der Waals surface area (Å²) in [6, 6.07) is 14.1. The fourth-order valence-electron chi connectivity index (χ4n) is 2.92. The molecule has 5 heteroatoms. The molecule has 0 aliphatic carbocycles. The van der Waals surface area contributed by atoms with Gasteiger partial charge in [0.05, 0.1) is 6.04 Å². The SMILES string of the molecule is CC(C(=O)Nc1ccc(Cl)cc1)N1CC=C(c2ccc(O)cc2)CC1. The van der Waals surface area contributed by atoms with Gasteiger partial charge in [0.25, 0.3) is 0 Å². The molecule has 1 aliphatic heterocycles. The lowest BCUT2D eigenvalue weighted by atomic mass is 9.98. The summed E-state index contributed by atoms with van der Waals surface area (Å²) in [6.07, 6.45) is 3.03. The van der Waals surface area contributed by atoms with Crippen molar-refractivity contribution in [2.24, 2.45) is 0 Å². The third-order valence-corrected chi connectivity index (χ3v) is 4.77. The molecular formula is C20H21ClN2O2. The molecule has 0 spiro atoms. The van der Waals surface area contributed by atoms with Crippen LogP contribution in [-0.2, 0) is 4.79 Å². The minimum Gasteiger partial charge on any atom is -0.508 e. The number of hydrogen-bond donors (Lipinski definition) is 2. The zero-order chi connectivity index (χ0) is 17.8. The van der Waals surface area contributed by atoms with Gasteiger partial charge in [-0.25, -0.2) is 0 Å². The summed E-state index contributed by atoms with van der Waals surface area (Å²) in [5.74, 6) is 0.248. The van der Waals surface area contributed by atoms with Gasteiger partial charge in [0, 0.05) is 23.8 Å². The van der Waals surface area contributed by atoms with Crippen LogP contribution in [0.25, 0.3) is 5.57 Å². The molecule has 0 saturated heterocycles. The molecule has 2 N–H and O–H groups in total. The molecule has 0 saturated carbocycles. The Kier molecular flexibility index (Phi) is 5.41. The number of phenolic OH excluding ortho intramolecular Hbond substituents is 1. The first-order chi connectivity index (χ1) is 12.0. The van der Waals surface area contributed by atoms with Crippen LogP contribution in [-0.4, -0.2) is 35.0 Å². The largest absolute Gasteiger partial charge is 0.508 e. The summed E-state index contributed by atoms with van der Waals surface area (Å²) in [5.41, 5.74) is 3.12. The van der Waals surface area contributed by atoms with Gasteiger partial charge >= 0.3 is 0 Å². The highest BCUT2D eigenvalue weighted by atomic mass is 35.5. The van der Waals surface area contributed by atoms with E-state index in [-0.39, 0.29) is 17.7 Å². The fraction of sp³-hybridized carbons (Fsp3) is 0.250. The monoisotopic (exact) mass is 356 g/mol. The summed E-state index contributed by atoms with van der Waals surface area (Å²) < 4.78 is 0. The molecular weight excluding hydrogens is 336 g/mol. The van der Waals surface area contributed by atoms with Crippen molar-refractivity contribution >= 4 is 28.8 Å². The summed E-state index contributed by atoms with van der Waals surface area (Å²) in [6.45, 7) is 3.47. The number of hydrogen-bond acceptors (Lipinski definition) is 3. The molecule has 0 radical (unpaired) electrons. The molecule has 1 unspecified atom stereocenters. The summed E-state index contributed by atoms with van der Waals surface area (Å²) >= 11 is 5.86. The maximum absolute atomic E-state index is 12.5. The Bertz CT molecular complexity index is 769. The van der Waals surface area contributed by atoms with Gasteiger partial charge in [0.1, 0.15) is 5.75 Å². The number of carbonyl (C=O) groups is 1. The molecule has 0 aromatic heterocycles. The van der Waals surface area contributed by atoms with E-state index in [2.05, 4.69) is 16.3 Å². The average Bonchev–Trinajstić information content (AvgIpc) is 2.64. The molecule has 1 heterocycles. The van der Waals surface area contributed by atoms with Crippen LogP contribution in [0.4, 0.5) is 5.69 Å². The van der Waals surface area contributed by atoms with E-state index in [0.29, 0.717) is 5.02 Å². The number of aromatic hydroxyl groups is 1. The van der Waals surface area contributed by atoms with Crippen LogP contribution in [0.5, 0.6) is 5.75 Å². The van der Waals surface area contributed by atoms with Gasteiger partial charge in [-0.15, -0.1) is 0 Å². The van der Waals surface area contributed by atoms with Gasteiger partial charge < -0.3 is 10.4 Å². The standard InChI is InChI=1S/C20H21ClN2O2/c1-14(20(25)22-18-6-4-17(21)5-7-18)23-12-10-16(11-13-23)15-2-8-19(24)9-3-15/h2-10,14,24H,11-13H2,1H3,(H,22,25). The van der Waals surface area contributed by atoms with Crippen molar-refractivity contribution in [2.75, 3.05) is 18.4 Å². The Morgan fingerprint density at radius 3 is 2.44 bits per heavy atom. The normalized spacial score (nSPS) is 16.2. The van der Waals surface area contributed by atoms with E-state index in [1.54, 1.807) is 36.4 Å². The van der Waals surface area contributed by atoms with Crippen molar-refractivity contribution in [1.82, 2.24) is 4.90 Å². The number of nitrogens with zero attached hydrogens (tertiary/aromatic N) is 1. The quantitative estimate of drug-likeness (QED) is 0.864. The number of nitrogens with one attached hydrogen (secondary N) is 1. The summed E-state index contributed by atoms with van der Waals surface area (Å²) in [5, 5.41) is 13.0. The Morgan fingerprint density at radius 2 is 1.84 bits per heavy atom. The highest BCUT2D eigenvalue weighted by Crippen LogP contribution is 2.25. The van der Waals surface area contributed by atoms with Crippen LogP contribution in [0.1, 0.15) is 18.9 Å². The minimum atomic E-state index is -0.215. The molecule has 2 aromatic rings. The van der Waals surface area contributed by atoms with Crippen molar-refractivity contribution in [3.8, 4) is 5.75 Å². The molecule has 130 valence electrons. The van der Waals surface area contributed by atoms with Crippen molar-refractivity contribution in [3.05, 3.63) is 65.2 Å². The number of amides is 1. The minimum absolute atomic E-state index is 0.0243. The molecule has 0 fully saturated rings. The maximum Gasteiger partial charge on any atom is 0.241 e. The highest BCUT2D eigenvalue weighted by molar-refractivity contribution is 6.30. The first-order valence-corrected chi connectivity index (χ1v) is 8.69. The Labute approximate surface area is 152 Å². The van der Waals surface area contributed by atoms with Crippen molar-refractivity contribution in [3.63, 3.8) is 0 Å². The van der Waals surface area contributed by atoms with Gasteiger partial charge in [0.15, 0.2) is 0 Å². The van der Waals surface area contributed by atoms with Crippen LogP contribution < -0.4 is 5.32 Å². The van der Waals surface area contributed by atoms with Gasteiger partial charge in [-0.2, -0.15) is 0 Å². The van der Waals surface area contributed by atoms with Crippen LogP contribution in [0.15, 0.2) is 54.6 Å². The van der Waals surface area contributed by atoms with E-state index >= 15 is 0 Å². The molecule has 0 bridgehead atoms. The second-order valence-electron chi connectivity index (χ2n) is 6.19. The second-order valence-corrected chi connectivity index (χ2v) is 6.63. The third kappa shape index (κ3) is 4.41. The van der Waals surface area contributed by atoms with E-state index in [1.807, 2.05) is 19.1 Å². The third-order valence-electron chi connectivity index (χ3n) is 4.52. The van der Waals surface area contributed by atoms with E-state index < -0.39 is 0 Å². The first-order valence-electron chi connectivity index (χ1n) is 8.32. The molecule has 4 nitrogen and oxygen atoms in total. The number of rotatable bonds is 4. The zero-order valence-electron chi connectivity index (χ0n) is 14.1. The van der Waals surface area contributed by atoms with Gasteiger partial charge in [-0.3, -0.25) is 9.69 Å². The van der Waals surface area contributed by atoms with Crippen molar-refractivity contribution in [2.45, 2.75) is 19.4 Å². The lowest BCUT2D eigenvalue weighted by molar-refractivity contribution is -0.120. The molecule has 1 atom stereocenters. The van der Waals surface area contributed by atoms with E-state index in [4.69, 9.17) is 11.6 Å². The fourth-order valence-corrected chi connectivity index (χ4v) is 3.05. The van der Waals surface area contributed by atoms with Crippen LogP contribution in [0.2, 0.25) is 5.02 Å². The topological polar surface area (TPSA) is 52.6 Å². The maximum atomic E-state index is 12.5. The van der Waals surface area contributed by atoms with Gasteiger partial charge in [-0.1, -0.05) is 29.8 Å². The molecule has 1 aliphatic rings. The van der Waals surface area contributed by atoms with Gasteiger partial charge in [-0.05, 0) is 60.9 Å². The Morgan fingerprint density at radius 1 is 1.16 bits per heavy atom. The second kappa shape index (κ2) is 7.72. The summed E-state index contributed by atoms with van der Waals surface area (Å²) in [4.78, 5) is 14.6. The van der Waals surface area contributed by atoms with E-state index in [0.717, 1.165) is 30.8 Å². The summed E-state index contributed by atoms with van der Waals surface area (Å²) in [7, 11) is 0. The average molecular weight is 357 g/mol. The van der Waals surface area contributed by atoms with E-state index in [1.165, 1.54) is 5.57 Å². The number of benzene rings is 2. The molecule has 25 heavy (non-hydrogen) atoms. The molecule has 2 aromatic carbocycles. The number of halogens is 1. The van der Waals surface area contributed by atoms with E-state index in [9.17, 15) is 9.90 Å². The predicted octanol–water partition coefficient (Wildman–Crippen LogP) is 4.16. The highest BCUT2D eigenvalue weighted by Gasteiger charge is 2.23. The number of phenols is 1. The van der Waals surface area contributed by atoms with Crippen LogP contribution in [0, 0.1) is 0 Å². The lowest BCUT2D eigenvalue weighted by Crippen LogP contribution is -2.44. The number of carbonyl (C=O) groups excluding carboxylic acids is 1. The van der Waals surface area contributed by atoms with Crippen molar-refractivity contribution in [1.29, 1.82) is 0 Å². The molecule has 1 amide bonds. The van der Waals surface area contributed by atoms with Crippen LogP contribution in [0.3, 0.4) is 0 Å². The Hall–Kier alpha value is -2.30.